The molecule has 0 radical (unpaired) electrons. The molecule has 0 saturated heterocycles. The maximum atomic E-state index is 11.4. The number of benzene rings is 1. The molecule has 0 saturated carbocycles. The van der Waals surface area contributed by atoms with Crippen molar-refractivity contribution < 1.29 is 14.8 Å². The van der Waals surface area contributed by atoms with E-state index in [0.717, 1.165) is 0 Å². The zero-order valence-electron chi connectivity index (χ0n) is 7.78. The van der Waals surface area contributed by atoms with Crippen molar-refractivity contribution in [2.45, 2.75) is 13.3 Å². The van der Waals surface area contributed by atoms with Crippen molar-refractivity contribution in [3.8, 4) is 0 Å². The highest BCUT2D eigenvalue weighted by atomic mass is 16.5. The Bertz CT molecular complexity index is 343. The van der Waals surface area contributed by atoms with Gasteiger partial charge in [-0.15, -0.1) is 0 Å². The standard InChI is InChI=1S/C10H11NO3/c1-7(12)6-10(13)8-2-4-9(11-14)5-3-8/h2-5,11,14H,6H2,1H3. The summed E-state index contributed by atoms with van der Waals surface area (Å²) in [5.74, 6) is -0.360. The zero-order chi connectivity index (χ0) is 10.6. The molecule has 14 heavy (non-hydrogen) atoms. The van der Waals surface area contributed by atoms with Gasteiger partial charge in [-0.3, -0.25) is 20.3 Å². The SMILES string of the molecule is CC(=O)CC(=O)c1ccc(NO)cc1. The molecule has 0 aliphatic carbocycles. The van der Waals surface area contributed by atoms with Gasteiger partial charge in [0.25, 0.3) is 0 Å². The maximum absolute atomic E-state index is 11.4. The van der Waals surface area contributed by atoms with E-state index in [2.05, 4.69) is 0 Å². The molecule has 0 aliphatic heterocycles. The molecule has 0 bridgehead atoms. The lowest BCUT2D eigenvalue weighted by Crippen LogP contribution is -2.04. The summed E-state index contributed by atoms with van der Waals surface area (Å²) in [4.78, 5) is 22.0. The first-order valence-corrected chi connectivity index (χ1v) is 4.16. The highest BCUT2D eigenvalue weighted by Crippen LogP contribution is 2.10. The predicted molar refractivity (Wildman–Crippen MR) is 51.5 cm³/mol. The van der Waals surface area contributed by atoms with Crippen LogP contribution in [0.5, 0.6) is 0 Å². The third-order valence-electron chi connectivity index (χ3n) is 1.75. The molecule has 4 heteroatoms. The van der Waals surface area contributed by atoms with Gasteiger partial charge in [0.15, 0.2) is 5.78 Å². The minimum Gasteiger partial charge on any atom is -0.300 e. The van der Waals surface area contributed by atoms with Crippen LogP contribution in [0.3, 0.4) is 0 Å². The molecular formula is C10H11NO3. The van der Waals surface area contributed by atoms with Crippen molar-refractivity contribution in [1.82, 2.24) is 0 Å². The van der Waals surface area contributed by atoms with E-state index in [0.29, 0.717) is 11.3 Å². The van der Waals surface area contributed by atoms with E-state index in [1.807, 2.05) is 5.48 Å². The van der Waals surface area contributed by atoms with Crippen LogP contribution in [-0.2, 0) is 4.79 Å². The largest absolute Gasteiger partial charge is 0.300 e. The van der Waals surface area contributed by atoms with Crippen LogP contribution in [0.2, 0.25) is 0 Å². The van der Waals surface area contributed by atoms with Crippen molar-refractivity contribution in [1.29, 1.82) is 0 Å². The lowest BCUT2D eigenvalue weighted by atomic mass is 10.1. The number of carbonyl (C=O) groups is 2. The molecule has 1 aromatic carbocycles. The second kappa shape index (κ2) is 4.53. The Morgan fingerprint density at radius 1 is 1.29 bits per heavy atom. The molecule has 0 fully saturated rings. The number of rotatable bonds is 4. The lowest BCUT2D eigenvalue weighted by molar-refractivity contribution is -0.116. The number of Topliss-reactive ketones (excluding diaryl/α,β-unsaturated/α-hetero) is 2. The summed E-state index contributed by atoms with van der Waals surface area (Å²) >= 11 is 0. The Kier molecular flexibility index (Phi) is 3.36. The van der Waals surface area contributed by atoms with Gasteiger partial charge < -0.3 is 0 Å². The van der Waals surface area contributed by atoms with Gasteiger partial charge in [-0.05, 0) is 31.2 Å². The van der Waals surface area contributed by atoms with E-state index < -0.39 is 0 Å². The smallest absolute Gasteiger partial charge is 0.170 e. The first-order chi connectivity index (χ1) is 6.63. The van der Waals surface area contributed by atoms with Crippen LogP contribution in [0, 0.1) is 0 Å². The van der Waals surface area contributed by atoms with Crippen LogP contribution in [-0.4, -0.2) is 16.8 Å². The van der Waals surface area contributed by atoms with Gasteiger partial charge >= 0.3 is 0 Å². The zero-order valence-corrected chi connectivity index (χ0v) is 7.78. The predicted octanol–water partition coefficient (Wildman–Crippen LogP) is 1.65. The Morgan fingerprint density at radius 2 is 1.86 bits per heavy atom. The number of hydrogen-bond acceptors (Lipinski definition) is 4. The first kappa shape index (κ1) is 10.4. The number of carbonyl (C=O) groups excluding carboxylic acids is 2. The summed E-state index contributed by atoms with van der Waals surface area (Å²) < 4.78 is 0. The fourth-order valence-electron chi connectivity index (χ4n) is 1.06. The Balaban J connectivity index is 2.76. The summed E-state index contributed by atoms with van der Waals surface area (Å²) in [7, 11) is 0. The summed E-state index contributed by atoms with van der Waals surface area (Å²) in [6.07, 6.45) is -0.0775. The van der Waals surface area contributed by atoms with Crippen LogP contribution < -0.4 is 5.48 Å². The number of hydrogen-bond donors (Lipinski definition) is 2. The first-order valence-electron chi connectivity index (χ1n) is 4.16. The number of anilines is 1. The number of ketones is 2. The maximum Gasteiger partial charge on any atom is 0.170 e. The summed E-state index contributed by atoms with van der Waals surface area (Å²) in [6, 6.07) is 6.24. The van der Waals surface area contributed by atoms with Crippen LogP contribution in [0.4, 0.5) is 5.69 Å². The fraction of sp³-hybridized carbons (Fsp3) is 0.200. The second-order valence-electron chi connectivity index (χ2n) is 2.99. The van der Waals surface area contributed by atoms with Gasteiger partial charge in [-0.25, -0.2) is 0 Å². The molecule has 0 aromatic heterocycles. The number of nitrogens with one attached hydrogen (secondary N) is 1. The molecule has 4 nitrogen and oxygen atoms in total. The minimum atomic E-state index is -0.206. The molecule has 0 heterocycles. The molecule has 0 aliphatic rings. The van der Waals surface area contributed by atoms with Crippen molar-refractivity contribution >= 4 is 17.3 Å². The van der Waals surface area contributed by atoms with Gasteiger partial charge in [0, 0.05) is 5.56 Å². The van der Waals surface area contributed by atoms with Gasteiger partial charge in [0.05, 0.1) is 12.1 Å². The highest BCUT2D eigenvalue weighted by Gasteiger charge is 2.07. The third-order valence-corrected chi connectivity index (χ3v) is 1.75. The van der Waals surface area contributed by atoms with Gasteiger partial charge in [0.1, 0.15) is 5.78 Å². The minimum absolute atomic E-state index is 0.0775. The van der Waals surface area contributed by atoms with Crippen molar-refractivity contribution in [3.63, 3.8) is 0 Å². The van der Waals surface area contributed by atoms with E-state index in [9.17, 15) is 9.59 Å². The van der Waals surface area contributed by atoms with Crippen LogP contribution in [0.25, 0.3) is 0 Å². The fourth-order valence-corrected chi connectivity index (χ4v) is 1.06. The molecular weight excluding hydrogens is 182 g/mol. The average molecular weight is 193 g/mol. The van der Waals surface area contributed by atoms with Crippen LogP contribution in [0.15, 0.2) is 24.3 Å². The summed E-state index contributed by atoms with van der Waals surface area (Å²) in [5, 5.41) is 8.52. The monoisotopic (exact) mass is 193 g/mol. The van der Waals surface area contributed by atoms with Gasteiger partial charge in [0.2, 0.25) is 0 Å². The van der Waals surface area contributed by atoms with Gasteiger partial charge in [-0.1, -0.05) is 0 Å². The summed E-state index contributed by atoms with van der Waals surface area (Å²) in [5.41, 5.74) is 2.93. The molecule has 0 spiro atoms. The molecule has 2 N–H and O–H groups in total. The quantitative estimate of drug-likeness (QED) is 0.433. The van der Waals surface area contributed by atoms with E-state index >= 15 is 0 Å². The second-order valence-corrected chi connectivity index (χ2v) is 2.99. The topological polar surface area (TPSA) is 66.4 Å². The normalized spacial score (nSPS) is 9.57. The molecule has 74 valence electrons. The van der Waals surface area contributed by atoms with Crippen molar-refractivity contribution in [2.75, 3.05) is 5.48 Å². The van der Waals surface area contributed by atoms with E-state index in [-0.39, 0.29) is 18.0 Å². The average Bonchev–Trinajstić information content (AvgIpc) is 2.17. The van der Waals surface area contributed by atoms with E-state index in [4.69, 9.17) is 5.21 Å². The van der Waals surface area contributed by atoms with E-state index in [1.54, 1.807) is 24.3 Å². The lowest BCUT2D eigenvalue weighted by Gasteiger charge is -2.00. The Labute approximate surface area is 81.5 Å². The van der Waals surface area contributed by atoms with Crippen LogP contribution >= 0.6 is 0 Å². The molecule has 0 unspecified atom stereocenters. The summed E-state index contributed by atoms with van der Waals surface area (Å²) in [6.45, 7) is 1.38. The Morgan fingerprint density at radius 3 is 2.29 bits per heavy atom. The van der Waals surface area contributed by atoms with Gasteiger partial charge in [-0.2, -0.15) is 0 Å². The molecule has 0 atom stereocenters. The van der Waals surface area contributed by atoms with Crippen molar-refractivity contribution in [2.24, 2.45) is 0 Å². The highest BCUT2D eigenvalue weighted by molar-refractivity contribution is 6.07. The molecule has 1 rings (SSSR count). The third kappa shape index (κ3) is 2.67. The molecule has 1 aromatic rings. The Hall–Kier alpha value is -1.68. The van der Waals surface area contributed by atoms with E-state index in [1.165, 1.54) is 6.92 Å². The van der Waals surface area contributed by atoms with Crippen LogP contribution in [0.1, 0.15) is 23.7 Å². The van der Waals surface area contributed by atoms with Crippen molar-refractivity contribution in [3.05, 3.63) is 29.8 Å². The molecule has 0 amide bonds.